The number of nitrogens with one attached hydrogen (secondary N) is 3. The highest BCUT2D eigenvalue weighted by Gasteiger charge is 2.38. The van der Waals surface area contributed by atoms with Crippen LogP contribution in [0.3, 0.4) is 0 Å². The maximum atomic E-state index is 14.3. The minimum Gasteiger partial charge on any atom is -0.377 e. The third-order valence-corrected chi connectivity index (χ3v) is 12.0. The number of imidazole rings is 2. The van der Waals surface area contributed by atoms with E-state index in [-0.39, 0.29) is 45.5 Å². The monoisotopic (exact) mass is 939 g/mol. The number of nitro benzene ring substituents is 1. The first-order valence-corrected chi connectivity index (χ1v) is 21.0. The fourth-order valence-electron chi connectivity index (χ4n) is 8.08. The molecule has 18 heteroatoms. The maximum absolute atomic E-state index is 14.3. The van der Waals surface area contributed by atoms with Gasteiger partial charge in [0.2, 0.25) is 0 Å². The molecular formula is C46H49BrF3N11O3. The molecule has 0 aliphatic carbocycles. The lowest BCUT2D eigenvalue weighted by Gasteiger charge is -2.34. The van der Waals surface area contributed by atoms with Crippen molar-refractivity contribution in [2.24, 2.45) is 19.2 Å². The van der Waals surface area contributed by atoms with Gasteiger partial charge >= 0.3 is 0 Å². The van der Waals surface area contributed by atoms with E-state index in [2.05, 4.69) is 51.9 Å². The minimum absolute atomic E-state index is 0.0192. The summed E-state index contributed by atoms with van der Waals surface area (Å²) in [5.74, 6) is -0.787. The van der Waals surface area contributed by atoms with Gasteiger partial charge in [0.05, 0.1) is 68.5 Å². The molecule has 3 N–H and O–H groups in total. The molecule has 3 aliphatic heterocycles. The highest BCUT2D eigenvalue weighted by atomic mass is 79.9. The minimum atomic E-state index is -0.514. The van der Waals surface area contributed by atoms with E-state index in [9.17, 15) is 28.1 Å². The Morgan fingerprint density at radius 3 is 1.72 bits per heavy atom. The van der Waals surface area contributed by atoms with E-state index in [0.717, 1.165) is 55.1 Å². The van der Waals surface area contributed by atoms with Crippen LogP contribution >= 0.6 is 15.9 Å². The van der Waals surface area contributed by atoms with E-state index in [1.165, 1.54) is 42.5 Å². The quantitative estimate of drug-likeness (QED) is 0.0504. The van der Waals surface area contributed by atoms with Crippen molar-refractivity contribution in [1.29, 1.82) is 0 Å². The van der Waals surface area contributed by atoms with E-state index >= 15 is 0 Å². The van der Waals surface area contributed by atoms with Crippen LogP contribution in [0.1, 0.15) is 86.4 Å². The molecule has 0 unspecified atom stereocenters. The van der Waals surface area contributed by atoms with Gasteiger partial charge in [-0.1, -0.05) is 33.2 Å². The average Bonchev–Trinajstić information content (AvgIpc) is 3.81. The molecule has 6 aromatic rings. The molecule has 3 aliphatic rings. The van der Waals surface area contributed by atoms with Gasteiger partial charge in [-0.2, -0.15) is 0 Å². The van der Waals surface area contributed by atoms with Gasteiger partial charge < -0.3 is 25.1 Å². The number of nitro groups is 1. The van der Waals surface area contributed by atoms with Gasteiger partial charge in [0, 0.05) is 69.9 Å². The van der Waals surface area contributed by atoms with Crippen LogP contribution < -0.4 is 16.0 Å². The number of halogens is 4. The van der Waals surface area contributed by atoms with Gasteiger partial charge in [0.15, 0.2) is 5.78 Å². The van der Waals surface area contributed by atoms with Crippen molar-refractivity contribution in [3.05, 3.63) is 143 Å². The number of anilines is 3. The van der Waals surface area contributed by atoms with Gasteiger partial charge in [-0.15, -0.1) is 0 Å². The summed E-state index contributed by atoms with van der Waals surface area (Å²) in [4.78, 5) is 33.0. The molecule has 0 fully saturated rings. The number of hydrogen-bond donors (Lipinski definition) is 3. The van der Waals surface area contributed by atoms with E-state index in [1.54, 1.807) is 18.7 Å². The first kappa shape index (κ1) is 46.8. The normalized spacial score (nSPS) is 15.0. The largest absolute Gasteiger partial charge is 0.377 e. The number of non-ortho nitro benzene ring substituents is 1. The van der Waals surface area contributed by atoms with Gasteiger partial charge in [-0.3, -0.25) is 14.9 Å². The summed E-state index contributed by atoms with van der Waals surface area (Å²) in [5, 5.41) is 23.1. The third kappa shape index (κ3) is 9.06. The van der Waals surface area contributed by atoms with Crippen molar-refractivity contribution in [3.63, 3.8) is 0 Å². The number of nitrogens with zero attached hydrogens (tertiary/aromatic N) is 8. The summed E-state index contributed by atoms with van der Waals surface area (Å²) in [6, 6.07) is 13.2. The van der Waals surface area contributed by atoms with Crippen LogP contribution in [0.15, 0.2) is 76.8 Å². The highest BCUT2D eigenvalue weighted by molar-refractivity contribution is 9.10. The Morgan fingerprint density at radius 2 is 1.22 bits per heavy atom. The number of ketones is 1. The van der Waals surface area contributed by atoms with Crippen molar-refractivity contribution in [2.75, 3.05) is 16.0 Å². The number of carbonyl (C=O) groups is 1. The van der Waals surface area contributed by atoms with Gasteiger partial charge in [0.25, 0.3) is 5.69 Å². The highest BCUT2D eigenvalue weighted by Crippen LogP contribution is 2.47. The van der Waals surface area contributed by atoms with Crippen LogP contribution in [-0.2, 0) is 25.2 Å². The van der Waals surface area contributed by atoms with Crippen LogP contribution in [0.2, 0.25) is 0 Å². The Bertz CT molecular complexity index is 2860. The number of hydrogen-bond acceptors (Lipinski definition) is 9. The predicted molar refractivity (Wildman–Crippen MR) is 247 cm³/mol. The summed E-state index contributed by atoms with van der Waals surface area (Å²) in [6.07, 6.45) is 3.97. The zero-order chi connectivity index (χ0) is 47.2. The number of benzene rings is 4. The number of carbonyl (C=O) groups excluding carboxylic acids is 1. The molecular weight excluding hydrogens is 891 g/mol. The Labute approximate surface area is 377 Å². The molecule has 0 saturated carbocycles. The lowest BCUT2D eigenvalue weighted by atomic mass is 9.86. The summed E-state index contributed by atoms with van der Waals surface area (Å²) in [5.41, 5.74) is 17.9. The number of aryl methyl sites for hydroxylation is 4. The Kier molecular flexibility index (Phi) is 12.8. The average molecular weight is 941 g/mol. The summed E-state index contributed by atoms with van der Waals surface area (Å²) < 4.78 is 46.5. The molecule has 0 saturated heterocycles. The Balaban J connectivity index is 0.000000144. The molecule has 4 aromatic carbocycles. The molecule has 5 heterocycles. The Morgan fingerprint density at radius 1 is 0.750 bits per heavy atom. The van der Waals surface area contributed by atoms with Crippen LogP contribution in [0, 0.1) is 48.3 Å². The summed E-state index contributed by atoms with van der Waals surface area (Å²) >= 11 is 3.42. The molecule has 0 amide bonds. The number of Topliss-reactive ketones (excluding diaryl/α,β-unsaturated/α-hetero) is 1. The summed E-state index contributed by atoms with van der Waals surface area (Å²) in [7, 11) is 3.89. The molecule has 0 bridgehead atoms. The first-order chi connectivity index (χ1) is 29.9. The van der Waals surface area contributed by atoms with Crippen LogP contribution in [0.25, 0.3) is 33.0 Å². The van der Waals surface area contributed by atoms with Gasteiger partial charge in [-0.25, -0.2) is 23.1 Å². The van der Waals surface area contributed by atoms with Crippen molar-refractivity contribution < 1.29 is 22.9 Å². The zero-order valence-electron chi connectivity index (χ0n) is 37.4. The zero-order valence-corrected chi connectivity index (χ0v) is 39.0. The number of azide groups is 1. The second-order valence-electron chi connectivity index (χ2n) is 17.6. The number of fused-ring (bicyclic) bond motifs is 7. The lowest BCUT2D eigenvalue weighted by Crippen LogP contribution is -2.39. The summed E-state index contributed by atoms with van der Waals surface area (Å²) in [6.45, 7) is 17.7. The molecule has 64 heavy (non-hydrogen) atoms. The van der Waals surface area contributed by atoms with E-state index < -0.39 is 4.92 Å². The second kappa shape index (κ2) is 17.5. The first-order valence-electron chi connectivity index (χ1n) is 20.2. The maximum Gasteiger partial charge on any atom is 0.269 e. The van der Waals surface area contributed by atoms with Crippen molar-refractivity contribution in [1.82, 2.24) is 19.1 Å². The topological polar surface area (TPSA) is 181 Å². The van der Waals surface area contributed by atoms with Crippen LogP contribution in [-0.4, -0.2) is 35.3 Å². The van der Waals surface area contributed by atoms with E-state index in [4.69, 9.17) is 5.53 Å². The molecule has 0 radical (unpaired) electrons. The fourth-order valence-corrected chi connectivity index (χ4v) is 8.48. The molecule has 0 spiro atoms. The van der Waals surface area contributed by atoms with E-state index in [0.29, 0.717) is 34.7 Å². The second-order valence-corrected chi connectivity index (χ2v) is 18.5. The van der Waals surface area contributed by atoms with E-state index in [1.807, 2.05) is 91.6 Å². The number of aromatic nitrogens is 4. The Hall–Kier alpha value is -6.65. The lowest BCUT2D eigenvalue weighted by molar-refractivity contribution is -0.384. The number of rotatable bonds is 2. The third-order valence-electron chi connectivity index (χ3n) is 11.2. The van der Waals surface area contributed by atoms with Gasteiger partial charge in [-0.05, 0) is 115 Å². The van der Waals surface area contributed by atoms with Crippen molar-refractivity contribution >= 4 is 50.2 Å². The van der Waals surface area contributed by atoms with Gasteiger partial charge in [0.1, 0.15) is 17.5 Å². The molecule has 2 aromatic heterocycles. The van der Waals surface area contributed by atoms with Crippen LogP contribution in [0.5, 0.6) is 0 Å². The van der Waals surface area contributed by atoms with Crippen molar-refractivity contribution in [2.45, 2.75) is 85.4 Å². The van der Waals surface area contributed by atoms with Crippen LogP contribution in [0.4, 0.5) is 41.6 Å². The molecule has 14 nitrogen and oxygen atoms in total. The SMILES string of the molecule is Cc1c(Br)cc(F)c2c1-c1c(ncn1C)C(C)(C)N2.Cc1ccc(F)c2c1-c1c(ncn1C)C(C)(C)N2.Cc1ccc(F)c2c1C(=O)CC(C)(C)N2.[N-]=[N+]=Nc1ccc([N+](=O)[O-])cc1. The predicted octanol–water partition coefficient (Wildman–Crippen LogP) is 12.6. The smallest absolute Gasteiger partial charge is 0.269 e. The molecule has 9 rings (SSSR count). The standard InChI is InChI=1S/C14H15BrFN3.C14H16FN3.C12H14FNO.C6H4N4O2/c1-7-8(15)5-9(16)11-10(7)12-13(14(2,3)18-11)17-6-19(12)4;1-8-5-6-9(15)11-10(8)12-13(14(2,3)17-11)16-7-18(12)4;1-7-4-5-8(13)11-10(7)9(15)6-12(2,3)14-11;7-9-8-5-1-3-6(4-2-5)10(11)12/h5-6,18H,1-4H3;5-7,17H,1-4H3;4-5,14H,6H2,1-3H3;1-4H. The molecule has 0 atom stereocenters. The molecule has 334 valence electrons. The fraction of sp³-hybridized carbons (Fsp3) is 0.326. The van der Waals surface area contributed by atoms with Crippen molar-refractivity contribution in [3.8, 4) is 22.5 Å².